The highest BCUT2D eigenvalue weighted by atomic mass is 35.5. The zero-order valence-corrected chi connectivity index (χ0v) is 10.3. The van der Waals surface area contributed by atoms with Crippen LogP contribution in [0.4, 0.5) is 10.3 Å². The molecule has 0 fully saturated rings. The van der Waals surface area contributed by atoms with Crippen LogP contribution in [-0.4, -0.2) is 5.16 Å². The van der Waals surface area contributed by atoms with Crippen LogP contribution in [0.25, 0.3) is 11.3 Å². The summed E-state index contributed by atoms with van der Waals surface area (Å²) in [5.41, 5.74) is 7.65. The molecule has 1 aromatic carbocycles. The van der Waals surface area contributed by atoms with E-state index in [-0.39, 0.29) is 16.8 Å². The Bertz CT molecular complexity index is 551. The number of hydrogen-bond donors (Lipinski definition) is 1. The molecular formula is C12H12ClFN2O. The summed E-state index contributed by atoms with van der Waals surface area (Å²) in [6.07, 6.45) is 0. The fourth-order valence-corrected chi connectivity index (χ4v) is 1.84. The van der Waals surface area contributed by atoms with Gasteiger partial charge in [0.2, 0.25) is 5.88 Å². The van der Waals surface area contributed by atoms with E-state index in [4.69, 9.17) is 21.9 Å². The summed E-state index contributed by atoms with van der Waals surface area (Å²) in [6, 6.07) is 4.50. The Morgan fingerprint density at radius 2 is 2.12 bits per heavy atom. The van der Waals surface area contributed by atoms with Gasteiger partial charge in [0.15, 0.2) is 0 Å². The Morgan fingerprint density at radius 1 is 1.41 bits per heavy atom. The zero-order valence-electron chi connectivity index (χ0n) is 9.50. The Morgan fingerprint density at radius 3 is 2.71 bits per heavy atom. The van der Waals surface area contributed by atoms with E-state index in [2.05, 4.69) is 5.16 Å². The predicted octanol–water partition coefficient (Wildman–Crippen LogP) is 3.84. The lowest BCUT2D eigenvalue weighted by Gasteiger charge is -2.05. The van der Waals surface area contributed by atoms with Crippen LogP contribution in [-0.2, 0) is 0 Å². The van der Waals surface area contributed by atoms with Crippen LogP contribution in [0, 0.1) is 5.82 Å². The van der Waals surface area contributed by atoms with Crippen LogP contribution >= 0.6 is 11.6 Å². The lowest BCUT2D eigenvalue weighted by molar-refractivity contribution is 0.438. The lowest BCUT2D eigenvalue weighted by Crippen LogP contribution is -1.94. The van der Waals surface area contributed by atoms with Crippen molar-refractivity contribution in [2.24, 2.45) is 0 Å². The highest BCUT2D eigenvalue weighted by molar-refractivity contribution is 6.30. The summed E-state index contributed by atoms with van der Waals surface area (Å²) >= 11 is 5.63. The number of anilines is 1. The Labute approximate surface area is 103 Å². The van der Waals surface area contributed by atoms with Gasteiger partial charge in [0, 0.05) is 11.1 Å². The maximum Gasteiger partial charge on any atom is 0.226 e. The number of rotatable bonds is 2. The minimum atomic E-state index is -0.486. The molecule has 17 heavy (non-hydrogen) atoms. The van der Waals surface area contributed by atoms with E-state index in [1.165, 1.54) is 12.1 Å². The smallest absolute Gasteiger partial charge is 0.226 e. The molecule has 2 N–H and O–H groups in total. The largest absolute Gasteiger partial charge is 0.367 e. The highest BCUT2D eigenvalue weighted by Gasteiger charge is 2.19. The number of halogens is 2. The summed E-state index contributed by atoms with van der Waals surface area (Å²) in [5.74, 6) is -0.0687. The molecule has 0 unspecified atom stereocenters. The third-order valence-electron chi connectivity index (χ3n) is 2.53. The third kappa shape index (κ3) is 2.13. The molecule has 0 radical (unpaired) electrons. The molecule has 0 amide bonds. The van der Waals surface area contributed by atoms with E-state index in [0.717, 1.165) is 5.56 Å². The summed E-state index contributed by atoms with van der Waals surface area (Å²) in [6.45, 7) is 3.94. The first-order valence-corrected chi connectivity index (χ1v) is 5.59. The van der Waals surface area contributed by atoms with Gasteiger partial charge in [-0.3, -0.25) is 0 Å². The first kappa shape index (κ1) is 11.9. The van der Waals surface area contributed by atoms with Gasteiger partial charge in [-0.25, -0.2) is 4.39 Å². The molecule has 3 nitrogen and oxygen atoms in total. The molecule has 1 aromatic heterocycles. The molecule has 0 atom stereocenters. The molecule has 5 heteroatoms. The molecule has 90 valence electrons. The van der Waals surface area contributed by atoms with E-state index in [9.17, 15) is 4.39 Å². The van der Waals surface area contributed by atoms with Gasteiger partial charge in [-0.2, -0.15) is 0 Å². The number of nitrogen functional groups attached to an aromatic ring is 1. The van der Waals surface area contributed by atoms with Crippen molar-refractivity contribution in [3.05, 3.63) is 34.6 Å². The topological polar surface area (TPSA) is 52.0 Å². The number of aromatic nitrogens is 1. The highest BCUT2D eigenvalue weighted by Crippen LogP contribution is 2.33. The zero-order chi connectivity index (χ0) is 12.6. The van der Waals surface area contributed by atoms with Gasteiger partial charge in [0.05, 0.1) is 5.02 Å². The van der Waals surface area contributed by atoms with Crippen LogP contribution in [0.2, 0.25) is 5.02 Å². The van der Waals surface area contributed by atoms with Gasteiger partial charge in [0.1, 0.15) is 11.5 Å². The van der Waals surface area contributed by atoms with E-state index < -0.39 is 5.82 Å². The fourth-order valence-electron chi connectivity index (χ4n) is 1.72. The molecule has 0 saturated carbocycles. The minimum Gasteiger partial charge on any atom is -0.367 e. The molecule has 2 rings (SSSR count). The lowest BCUT2D eigenvalue weighted by atomic mass is 9.99. The van der Waals surface area contributed by atoms with Crippen LogP contribution in [0.5, 0.6) is 0 Å². The number of hydrogen-bond acceptors (Lipinski definition) is 3. The van der Waals surface area contributed by atoms with Gasteiger partial charge in [-0.15, -0.1) is 0 Å². The molecular weight excluding hydrogens is 243 g/mol. The van der Waals surface area contributed by atoms with E-state index in [0.29, 0.717) is 11.3 Å². The number of benzene rings is 1. The van der Waals surface area contributed by atoms with Crippen molar-refractivity contribution in [2.45, 2.75) is 19.8 Å². The summed E-state index contributed by atoms with van der Waals surface area (Å²) < 4.78 is 18.3. The van der Waals surface area contributed by atoms with E-state index in [1.807, 2.05) is 13.8 Å². The maximum atomic E-state index is 13.4. The second-order valence-corrected chi connectivity index (χ2v) is 4.50. The monoisotopic (exact) mass is 254 g/mol. The normalized spacial score (nSPS) is 11.1. The van der Waals surface area contributed by atoms with Crippen molar-refractivity contribution in [3.63, 3.8) is 0 Å². The molecule has 2 aromatic rings. The Hall–Kier alpha value is -1.55. The minimum absolute atomic E-state index is 0.0799. The molecule has 1 heterocycles. The van der Waals surface area contributed by atoms with E-state index in [1.54, 1.807) is 6.07 Å². The number of nitrogens with two attached hydrogens (primary N) is 1. The van der Waals surface area contributed by atoms with Crippen molar-refractivity contribution in [1.82, 2.24) is 5.16 Å². The number of nitrogens with zero attached hydrogens (tertiary/aromatic N) is 1. The van der Waals surface area contributed by atoms with Gasteiger partial charge in [0.25, 0.3) is 0 Å². The second kappa shape index (κ2) is 4.37. The van der Waals surface area contributed by atoms with Crippen LogP contribution in [0.3, 0.4) is 0 Å². The summed E-state index contributed by atoms with van der Waals surface area (Å²) in [4.78, 5) is 0. The molecule has 0 spiro atoms. The summed E-state index contributed by atoms with van der Waals surface area (Å²) in [7, 11) is 0. The molecule has 0 aliphatic heterocycles. The second-order valence-electron chi connectivity index (χ2n) is 4.09. The standard InChI is InChI=1S/C12H12ClFN2O/c1-6(2)10-11(16-17-12(10)15)7-3-4-8(13)9(14)5-7/h3-6H,15H2,1-2H3. The molecule has 0 aliphatic carbocycles. The Kier molecular flexibility index (Phi) is 3.07. The molecule has 0 bridgehead atoms. The van der Waals surface area contributed by atoms with Gasteiger partial charge in [-0.1, -0.05) is 36.7 Å². The van der Waals surface area contributed by atoms with Crippen molar-refractivity contribution < 1.29 is 8.91 Å². The van der Waals surface area contributed by atoms with Crippen LogP contribution < -0.4 is 5.73 Å². The Balaban J connectivity index is 2.56. The predicted molar refractivity (Wildman–Crippen MR) is 65.4 cm³/mol. The van der Waals surface area contributed by atoms with Gasteiger partial charge >= 0.3 is 0 Å². The average molecular weight is 255 g/mol. The summed E-state index contributed by atoms with van der Waals surface area (Å²) in [5, 5.41) is 3.95. The first-order chi connectivity index (χ1) is 8.00. The van der Waals surface area contributed by atoms with Crippen LogP contribution in [0.1, 0.15) is 25.3 Å². The molecule has 0 aliphatic rings. The fraction of sp³-hybridized carbons (Fsp3) is 0.250. The van der Waals surface area contributed by atoms with Crippen molar-refractivity contribution in [3.8, 4) is 11.3 Å². The average Bonchev–Trinajstić information content (AvgIpc) is 2.64. The van der Waals surface area contributed by atoms with Crippen molar-refractivity contribution in [2.75, 3.05) is 5.73 Å². The maximum absolute atomic E-state index is 13.4. The first-order valence-electron chi connectivity index (χ1n) is 5.21. The third-order valence-corrected chi connectivity index (χ3v) is 2.83. The van der Waals surface area contributed by atoms with E-state index >= 15 is 0 Å². The quantitative estimate of drug-likeness (QED) is 0.886. The van der Waals surface area contributed by atoms with Crippen molar-refractivity contribution >= 4 is 17.5 Å². The van der Waals surface area contributed by atoms with Gasteiger partial charge < -0.3 is 10.3 Å². The molecule has 0 saturated heterocycles. The van der Waals surface area contributed by atoms with Crippen molar-refractivity contribution in [1.29, 1.82) is 0 Å². The van der Waals surface area contributed by atoms with Crippen LogP contribution in [0.15, 0.2) is 22.7 Å². The van der Waals surface area contributed by atoms with Gasteiger partial charge in [-0.05, 0) is 18.1 Å². The SMILES string of the molecule is CC(C)c1c(-c2ccc(Cl)c(F)c2)noc1N.